The van der Waals surface area contributed by atoms with Gasteiger partial charge in [-0.25, -0.2) is 0 Å². The van der Waals surface area contributed by atoms with Crippen molar-refractivity contribution in [2.75, 3.05) is 11.9 Å². The number of H-pyrrole nitrogens is 1. The maximum atomic E-state index is 11.8. The predicted molar refractivity (Wildman–Crippen MR) is 77.5 cm³/mol. The molecular formula is C15H17N3O3. The molecule has 3 N–H and O–H groups in total. The Hall–Kier alpha value is -2.37. The molecule has 1 aromatic heterocycles. The van der Waals surface area contributed by atoms with Crippen LogP contribution < -0.4 is 16.1 Å². The number of hydrogen-bond acceptors (Lipinski definition) is 3. The molecule has 110 valence electrons. The average molecular weight is 287 g/mol. The van der Waals surface area contributed by atoms with Crippen molar-refractivity contribution < 1.29 is 9.59 Å². The van der Waals surface area contributed by atoms with Gasteiger partial charge in [0.1, 0.15) is 5.69 Å². The van der Waals surface area contributed by atoms with E-state index in [0.717, 1.165) is 12.8 Å². The number of anilines is 1. The van der Waals surface area contributed by atoms with Gasteiger partial charge in [0.15, 0.2) is 0 Å². The van der Waals surface area contributed by atoms with Crippen LogP contribution in [0.4, 0.5) is 5.69 Å². The Kier molecular flexibility index (Phi) is 3.60. The van der Waals surface area contributed by atoms with Gasteiger partial charge in [0.05, 0.1) is 0 Å². The second-order valence-electron chi connectivity index (χ2n) is 5.63. The molecule has 0 unspecified atom stereocenters. The molecule has 0 spiro atoms. The van der Waals surface area contributed by atoms with E-state index >= 15 is 0 Å². The van der Waals surface area contributed by atoms with Crippen molar-refractivity contribution >= 4 is 17.5 Å². The Morgan fingerprint density at radius 3 is 2.76 bits per heavy atom. The molecule has 0 radical (unpaired) electrons. The summed E-state index contributed by atoms with van der Waals surface area (Å²) in [5, 5.41) is 4.96. The summed E-state index contributed by atoms with van der Waals surface area (Å²) in [6.07, 6.45) is 9.48. The van der Waals surface area contributed by atoms with Gasteiger partial charge in [-0.2, -0.15) is 0 Å². The van der Waals surface area contributed by atoms with Gasteiger partial charge in [-0.1, -0.05) is 12.2 Å². The van der Waals surface area contributed by atoms with E-state index in [-0.39, 0.29) is 11.1 Å². The molecule has 6 heteroatoms. The highest BCUT2D eigenvalue weighted by atomic mass is 16.2. The van der Waals surface area contributed by atoms with Gasteiger partial charge in [0.25, 0.3) is 0 Å². The molecule has 1 heterocycles. The molecule has 3 atom stereocenters. The molecule has 2 aliphatic carbocycles. The minimum Gasteiger partial charge on any atom is -0.366 e. The van der Waals surface area contributed by atoms with Crippen LogP contribution in [-0.4, -0.2) is 23.3 Å². The molecule has 0 aromatic carbocycles. The molecule has 3 rings (SSSR count). The van der Waals surface area contributed by atoms with Crippen molar-refractivity contribution in [1.29, 1.82) is 0 Å². The number of aromatic nitrogens is 1. The molecule has 0 saturated heterocycles. The van der Waals surface area contributed by atoms with Crippen molar-refractivity contribution in [2.45, 2.75) is 12.8 Å². The van der Waals surface area contributed by atoms with Gasteiger partial charge in [0.2, 0.25) is 5.43 Å². The zero-order valence-corrected chi connectivity index (χ0v) is 11.5. The Labute approximate surface area is 121 Å². The molecule has 1 aromatic rings. The van der Waals surface area contributed by atoms with Crippen molar-refractivity contribution in [1.82, 2.24) is 10.3 Å². The van der Waals surface area contributed by atoms with E-state index < -0.39 is 11.8 Å². The number of carbonyl (C=O) groups is 2. The Bertz CT molecular complexity index is 650. The van der Waals surface area contributed by atoms with Crippen LogP contribution in [-0.2, 0) is 9.59 Å². The van der Waals surface area contributed by atoms with Crippen LogP contribution in [0.1, 0.15) is 12.8 Å². The lowest BCUT2D eigenvalue weighted by atomic mass is 9.94. The second-order valence-corrected chi connectivity index (χ2v) is 5.63. The lowest BCUT2D eigenvalue weighted by Crippen LogP contribution is -2.39. The maximum absolute atomic E-state index is 11.8. The number of pyridine rings is 1. The number of hydrogen-bond donors (Lipinski definition) is 3. The molecular weight excluding hydrogens is 270 g/mol. The van der Waals surface area contributed by atoms with Gasteiger partial charge in [0, 0.05) is 25.0 Å². The lowest BCUT2D eigenvalue weighted by molar-refractivity contribution is -0.136. The third kappa shape index (κ3) is 2.89. The van der Waals surface area contributed by atoms with Crippen LogP contribution >= 0.6 is 0 Å². The third-order valence-corrected chi connectivity index (χ3v) is 4.22. The maximum Gasteiger partial charge on any atom is 0.313 e. The molecule has 0 aliphatic heterocycles. The Morgan fingerprint density at radius 2 is 2.10 bits per heavy atom. The highest BCUT2D eigenvalue weighted by molar-refractivity contribution is 6.39. The smallest absolute Gasteiger partial charge is 0.313 e. The first-order valence-electron chi connectivity index (χ1n) is 7.08. The van der Waals surface area contributed by atoms with Gasteiger partial charge < -0.3 is 15.6 Å². The quantitative estimate of drug-likeness (QED) is 0.563. The largest absolute Gasteiger partial charge is 0.366 e. The third-order valence-electron chi connectivity index (χ3n) is 4.22. The summed E-state index contributed by atoms with van der Waals surface area (Å²) in [4.78, 5) is 37.7. The summed E-state index contributed by atoms with van der Waals surface area (Å²) in [5.41, 5.74) is -0.270. The van der Waals surface area contributed by atoms with Crippen LogP contribution in [0.15, 0.2) is 35.4 Å². The fraction of sp³-hybridized carbons (Fsp3) is 0.400. The first-order chi connectivity index (χ1) is 10.1. The number of nitrogens with one attached hydrogen (secondary N) is 3. The molecule has 6 nitrogen and oxygen atoms in total. The Balaban J connectivity index is 1.51. The highest BCUT2D eigenvalue weighted by Gasteiger charge is 2.35. The van der Waals surface area contributed by atoms with Crippen LogP contribution in [0.5, 0.6) is 0 Å². The van der Waals surface area contributed by atoms with E-state index in [1.165, 1.54) is 18.5 Å². The number of amides is 2. The first kappa shape index (κ1) is 13.6. The summed E-state index contributed by atoms with van der Waals surface area (Å²) in [6.45, 7) is 0.503. The standard InChI is InChI=1S/C15H17N3O3/c19-13-3-4-16-8-12(13)18-15(21)14(20)17-7-11-6-9-1-2-10(11)5-9/h1-4,8-11H,5-7H2,(H,16,19)(H,17,20)(H,18,21)/t9-,10-,11-/m0/s1. The Morgan fingerprint density at radius 1 is 1.24 bits per heavy atom. The van der Waals surface area contributed by atoms with E-state index in [9.17, 15) is 14.4 Å². The van der Waals surface area contributed by atoms with Crippen LogP contribution in [0, 0.1) is 17.8 Å². The summed E-state index contributed by atoms with van der Waals surface area (Å²) >= 11 is 0. The lowest BCUT2D eigenvalue weighted by Gasteiger charge is -2.18. The van der Waals surface area contributed by atoms with Crippen LogP contribution in [0.25, 0.3) is 0 Å². The van der Waals surface area contributed by atoms with E-state index in [1.54, 1.807) is 0 Å². The summed E-state index contributed by atoms with van der Waals surface area (Å²) < 4.78 is 0. The minimum atomic E-state index is -0.814. The number of rotatable bonds is 3. The van der Waals surface area contributed by atoms with Gasteiger partial charge >= 0.3 is 11.8 Å². The minimum absolute atomic E-state index is 0.0699. The SMILES string of the molecule is O=C(NC[C@@H]1C[C@H]2C=C[C@H]1C2)C(=O)Nc1c[nH]ccc1=O. The topological polar surface area (TPSA) is 91.1 Å². The molecule has 21 heavy (non-hydrogen) atoms. The van der Waals surface area contributed by atoms with Gasteiger partial charge in [-0.3, -0.25) is 14.4 Å². The van der Waals surface area contributed by atoms with Crippen LogP contribution in [0.3, 0.4) is 0 Å². The number of fused-ring (bicyclic) bond motifs is 2. The van der Waals surface area contributed by atoms with Crippen molar-refractivity contribution in [3.8, 4) is 0 Å². The fourth-order valence-corrected chi connectivity index (χ4v) is 3.13. The highest BCUT2D eigenvalue weighted by Crippen LogP contribution is 2.42. The van der Waals surface area contributed by atoms with E-state index in [0.29, 0.717) is 24.3 Å². The number of carbonyl (C=O) groups excluding carboxylic acids is 2. The molecule has 1 saturated carbocycles. The molecule has 2 bridgehead atoms. The predicted octanol–water partition coefficient (Wildman–Crippen LogP) is 0.642. The molecule has 1 fully saturated rings. The zero-order valence-electron chi connectivity index (χ0n) is 11.5. The second kappa shape index (κ2) is 5.55. The average Bonchev–Trinajstić information content (AvgIpc) is 3.09. The van der Waals surface area contributed by atoms with Crippen molar-refractivity contribution in [3.05, 3.63) is 40.8 Å². The normalized spacial score (nSPS) is 25.8. The van der Waals surface area contributed by atoms with E-state index in [4.69, 9.17) is 0 Å². The summed E-state index contributed by atoms with van der Waals surface area (Å²) in [6, 6.07) is 1.29. The summed E-state index contributed by atoms with van der Waals surface area (Å²) in [7, 11) is 0. The van der Waals surface area contributed by atoms with Crippen LogP contribution in [0.2, 0.25) is 0 Å². The molecule has 2 amide bonds. The zero-order chi connectivity index (χ0) is 14.8. The van der Waals surface area contributed by atoms with Gasteiger partial charge in [-0.05, 0) is 30.6 Å². The fourth-order valence-electron chi connectivity index (χ4n) is 3.13. The van der Waals surface area contributed by atoms with E-state index in [1.807, 2.05) is 0 Å². The van der Waals surface area contributed by atoms with Crippen molar-refractivity contribution in [3.63, 3.8) is 0 Å². The van der Waals surface area contributed by atoms with Gasteiger partial charge in [-0.15, -0.1) is 0 Å². The number of allylic oxidation sites excluding steroid dienone is 2. The van der Waals surface area contributed by atoms with E-state index in [2.05, 4.69) is 27.8 Å². The monoisotopic (exact) mass is 287 g/mol. The van der Waals surface area contributed by atoms with Crippen molar-refractivity contribution in [2.24, 2.45) is 17.8 Å². The molecule has 2 aliphatic rings. The summed E-state index contributed by atoms with van der Waals surface area (Å²) in [5.74, 6) is 0.0521. The number of aromatic amines is 1. The first-order valence-corrected chi connectivity index (χ1v) is 7.08.